The van der Waals surface area contributed by atoms with Gasteiger partial charge in [0.1, 0.15) is 0 Å². The first-order chi connectivity index (χ1) is 16.1. The summed E-state index contributed by atoms with van der Waals surface area (Å²) >= 11 is 12.7. The van der Waals surface area contributed by atoms with Gasteiger partial charge in [0.2, 0.25) is 0 Å². The standard InChI is InChI=1S/C25H20Cl2N2O5/c1-29-11-20(19-9-17(26)10-22(27)21(19)12-29)13-2-4-18(5-3-13)28-23(30)14-6-15(24(31)32)8-16(7-14)25(33)34/h2-10,20H,11-12H2,1H3,(H,28,30)(H,31,32)(H,33,34). The van der Waals surface area contributed by atoms with Crippen LogP contribution in [0, 0.1) is 0 Å². The highest BCUT2D eigenvalue weighted by Crippen LogP contribution is 2.38. The van der Waals surface area contributed by atoms with Gasteiger partial charge in [0.15, 0.2) is 0 Å². The molecule has 0 spiro atoms. The number of hydrogen-bond acceptors (Lipinski definition) is 4. The predicted molar refractivity (Wildman–Crippen MR) is 129 cm³/mol. The number of aromatic carboxylic acids is 2. The molecule has 3 N–H and O–H groups in total. The Morgan fingerprint density at radius 2 is 1.50 bits per heavy atom. The van der Waals surface area contributed by atoms with Gasteiger partial charge >= 0.3 is 11.9 Å². The molecule has 1 unspecified atom stereocenters. The second kappa shape index (κ2) is 9.46. The summed E-state index contributed by atoms with van der Waals surface area (Å²) in [5.41, 5.74) is 2.99. The molecule has 0 aliphatic carbocycles. The third-order valence-electron chi connectivity index (χ3n) is 5.75. The van der Waals surface area contributed by atoms with Gasteiger partial charge in [-0.3, -0.25) is 4.79 Å². The zero-order chi connectivity index (χ0) is 24.6. The van der Waals surface area contributed by atoms with Crippen LogP contribution in [0.2, 0.25) is 10.0 Å². The summed E-state index contributed by atoms with van der Waals surface area (Å²) in [7, 11) is 2.02. The second-order valence-electron chi connectivity index (χ2n) is 8.19. The molecule has 1 amide bonds. The number of carbonyl (C=O) groups is 3. The lowest BCUT2D eigenvalue weighted by Crippen LogP contribution is -2.31. The van der Waals surface area contributed by atoms with E-state index < -0.39 is 17.8 Å². The Morgan fingerprint density at radius 1 is 0.912 bits per heavy atom. The number of hydrogen-bond donors (Lipinski definition) is 3. The summed E-state index contributed by atoms with van der Waals surface area (Å²) in [6.45, 7) is 1.50. The lowest BCUT2D eigenvalue weighted by Gasteiger charge is -2.33. The molecule has 9 heteroatoms. The largest absolute Gasteiger partial charge is 0.478 e. The van der Waals surface area contributed by atoms with Gasteiger partial charge in [-0.05, 0) is 66.2 Å². The molecule has 3 aromatic rings. The Bertz CT molecular complexity index is 1280. The van der Waals surface area contributed by atoms with Gasteiger partial charge in [-0.15, -0.1) is 0 Å². The number of nitrogens with one attached hydrogen (secondary N) is 1. The van der Waals surface area contributed by atoms with Crippen molar-refractivity contribution >= 4 is 46.7 Å². The fraction of sp³-hybridized carbons (Fsp3) is 0.160. The van der Waals surface area contributed by atoms with E-state index in [-0.39, 0.29) is 22.6 Å². The number of rotatable bonds is 5. The van der Waals surface area contributed by atoms with E-state index in [1.54, 1.807) is 18.2 Å². The molecule has 0 fully saturated rings. The molecule has 0 saturated heterocycles. The zero-order valence-electron chi connectivity index (χ0n) is 18.0. The maximum absolute atomic E-state index is 12.7. The fourth-order valence-electron chi connectivity index (χ4n) is 4.14. The van der Waals surface area contributed by atoms with Crippen molar-refractivity contribution in [2.24, 2.45) is 0 Å². The molecule has 34 heavy (non-hydrogen) atoms. The number of benzene rings is 3. The van der Waals surface area contributed by atoms with E-state index in [4.69, 9.17) is 23.2 Å². The van der Waals surface area contributed by atoms with Gasteiger partial charge in [-0.25, -0.2) is 9.59 Å². The number of anilines is 1. The quantitative estimate of drug-likeness (QED) is 0.445. The van der Waals surface area contributed by atoms with Gasteiger partial charge in [0, 0.05) is 40.3 Å². The topological polar surface area (TPSA) is 107 Å². The molecule has 0 bridgehead atoms. The van der Waals surface area contributed by atoms with E-state index in [1.165, 1.54) is 0 Å². The highest BCUT2D eigenvalue weighted by atomic mass is 35.5. The maximum atomic E-state index is 12.7. The molecule has 0 aromatic heterocycles. The van der Waals surface area contributed by atoms with E-state index in [2.05, 4.69) is 10.2 Å². The van der Waals surface area contributed by atoms with Crippen molar-refractivity contribution in [3.05, 3.63) is 98.0 Å². The van der Waals surface area contributed by atoms with Crippen LogP contribution in [-0.4, -0.2) is 46.6 Å². The third kappa shape index (κ3) is 4.92. The summed E-state index contributed by atoms with van der Waals surface area (Å²) in [5.74, 6) is -3.21. The highest BCUT2D eigenvalue weighted by molar-refractivity contribution is 6.35. The van der Waals surface area contributed by atoms with Gasteiger partial charge in [-0.1, -0.05) is 35.3 Å². The van der Waals surface area contributed by atoms with Gasteiger partial charge in [0.25, 0.3) is 5.91 Å². The number of nitrogens with zero attached hydrogens (tertiary/aromatic N) is 1. The summed E-state index contributed by atoms with van der Waals surface area (Å²) < 4.78 is 0. The molecule has 3 aromatic carbocycles. The van der Waals surface area contributed by atoms with E-state index >= 15 is 0 Å². The molecule has 1 atom stereocenters. The van der Waals surface area contributed by atoms with Gasteiger partial charge < -0.3 is 20.4 Å². The summed E-state index contributed by atoms with van der Waals surface area (Å²) in [5, 5.41) is 22.3. The van der Waals surface area contributed by atoms with Crippen LogP contribution < -0.4 is 5.32 Å². The molecule has 1 aliphatic heterocycles. The first-order valence-corrected chi connectivity index (χ1v) is 11.1. The third-order valence-corrected chi connectivity index (χ3v) is 6.31. The van der Waals surface area contributed by atoms with Crippen LogP contribution in [0.4, 0.5) is 5.69 Å². The normalized spacial score (nSPS) is 15.4. The minimum atomic E-state index is -1.32. The molecule has 4 rings (SSSR count). The van der Waals surface area contributed by atoms with Crippen LogP contribution in [-0.2, 0) is 6.54 Å². The average Bonchev–Trinajstić information content (AvgIpc) is 2.79. The lowest BCUT2D eigenvalue weighted by molar-refractivity contribution is 0.0696. The number of carboxylic acids is 2. The van der Waals surface area contributed by atoms with Crippen LogP contribution in [0.15, 0.2) is 54.6 Å². The molecular formula is C25H20Cl2N2O5. The minimum Gasteiger partial charge on any atom is -0.478 e. The van der Waals surface area contributed by atoms with Gasteiger partial charge in [0.05, 0.1) is 11.1 Å². The Kier molecular flexibility index (Phi) is 6.61. The number of fused-ring (bicyclic) bond motifs is 1. The molecular weight excluding hydrogens is 479 g/mol. The van der Waals surface area contributed by atoms with Crippen molar-refractivity contribution in [3.8, 4) is 0 Å². The molecule has 0 saturated carbocycles. The second-order valence-corrected chi connectivity index (χ2v) is 9.03. The van der Waals surface area contributed by atoms with Crippen molar-refractivity contribution in [1.29, 1.82) is 0 Å². The molecule has 0 radical (unpaired) electrons. The molecule has 1 aliphatic rings. The van der Waals surface area contributed by atoms with Gasteiger partial charge in [-0.2, -0.15) is 0 Å². The first-order valence-electron chi connectivity index (χ1n) is 10.3. The lowest BCUT2D eigenvalue weighted by atomic mass is 9.84. The molecule has 174 valence electrons. The minimum absolute atomic E-state index is 0.0417. The van der Waals surface area contributed by atoms with Crippen LogP contribution in [0.25, 0.3) is 0 Å². The Morgan fingerprint density at radius 3 is 2.09 bits per heavy atom. The fourth-order valence-corrected chi connectivity index (χ4v) is 4.71. The summed E-state index contributed by atoms with van der Waals surface area (Å²) in [4.78, 5) is 37.5. The van der Waals surface area contributed by atoms with E-state index in [0.717, 1.165) is 48.0 Å². The van der Waals surface area contributed by atoms with E-state index in [9.17, 15) is 24.6 Å². The number of amides is 1. The van der Waals surface area contributed by atoms with Crippen LogP contribution in [0.1, 0.15) is 53.7 Å². The Labute approximate surface area is 205 Å². The van der Waals surface area contributed by atoms with Crippen LogP contribution in [0.3, 0.4) is 0 Å². The number of carbonyl (C=O) groups excluding carboxylic acids is 1. The first kappa shape index (κ1) is 23.8. The predicted octanol–water partition coefficient (Wildman–Crippen LogP) is 5.22. The molecule has 7 nitrogen and oxygen atoms in total. The number of carboxylic acid groups (broad SMARTS) is 2. The molecule has 1 heterocycles. The Hall–Kier alpha value is -3.39. The highest BCUT2D eigenvalue weighted by Gasteiger charge is 2.27. The Balaban J connectivity index is 1.59. The monoisotopic (exact) mass is 498 g/mol. The average molecular weight is 499 g/mol. The summed E-state index contributed by atoms with van der Waals surface area (Å²) in [6, 6.07) is 14.2. The van der Waals surface area contributed by atoms with E-state index in [1.807, 2.05) is 25.2 Å². The van der Waals surface area contributed by atoms with Crippen molar-refractivity contribution in [2.75, 3.05) is 18.9 Å². The van der Waals surface area contributed by atoms with Crippen molar-refractivity contribution in [3.63, 3.8) is 0 Å². The van der Waals surface area contributed by atoms with E-state index in [0.29, 0.717) is 15.7 Å². The van der Waals surface area contributed by atoms with Crippen molar-refractivity contribution in [1.82, 2.24) is 4.90 Å². The maximum Gasteiger partial charge on any atom is 0.335 e. The number of halogens is 2. The van der Waals surface area contributed by atoms with Crippen LogP contribution in [0.5, 0.6) is 0 Å². The SMILES string of the molecule is CN1Cc2c(Cl)cc(Cl)cc2C(c2ccc(NC(=O)c3cc(C(=O)O)cc(C(=O)O)c3)cc2)C1. The smallest absolute Gasteiger partial charge is 0.335 e. The van der Waals surface area contributed by atoms with Crippen molar-refractivity contribution < 1.29 is 24.6 Å². The zero-order valence-corrected chi connectivity index (χ0v) is 19.5. The van der Waals surface area contributed by atoms with Crippen molar-refractivity contribution in [2.45, 2.75) is 12.5 Å². The summed E-state index contributed by atoms with van der Waals surface area (Å²) in [6.07, 6.45) is 0. The van der Waals surface area contributed by atoms with Crippen LogP contribution >= 0.6 is 23.2 Å². The number of likely N-dealkylation sites (N-methyl/N-ethyl adjacent to an activating group) is 1.